The first kappa shape index (κ1) is 18.2. The van der Waals surface area contributed by atoms with Gasteiger partial charge in [0, 0.05) is 9.88 Å². The number of ether oxygens (including phenoxy) is 1. The highest BCUT2D eigenvalue weighted by Crippen LogP contribution is 2.15. The predicted molar refractivity (Wildman–Crippen MR) is 95.3 cm³/mol. The van der Waals surface area contributed by atoms with Crippen LogP contribution in [0.25, 0.3) is 6.08 Å². The second-order valence-electron chi connectivity index (χ2n) is 4.65. The van der Waals surface area contributed by atoms with Crippen molar-refractivity contribution in [2.24, 2.45) is 0 Å². The maximum atomic E-state index is 11.8. The number of carbonyl (C=O) groups is 1. The van der Waals surface area contributed by atoms with Crippen LogP contribution in [0.2, 0.25) is 0 Å². The molecule has 0 aliphatic rings. The van der Waals surface area contributed by atoms with E-state index >= 15 is 0 Å². The smallest absolute Gasteiger partial charge is 0.272 e. The topological polar surface area (TPSA) is 84.5 Å². The van der Waals surface area contributed by atoms with Gasteiger partial charge in [-0.1, -0.05) is 46.3 Å². The number of nitrogens with one attached hydrogen (secondary N) is 2. The average molecular weight is 411 g/mol. The second kappa shape index (κ2) is 8.62. The van der Waals surface area contributed by atoms with E-state index in [0.717, 1.165) is 15.4 Å². The van der Waals surface area contributed by atoms with Crippen molar-refractivity contribution >= 4 is 37.9 Å². The molecule has 0 heterocycles. The minimum atomic E-state index is -3.79. The van der Waals surface area contributed by atoms with Crippen molar-refractivity contribution in [1.82, 2.24) is 10.3 Å². The van der Waals surface area contributed by atoms with Crippen LogP contribution >= 0.6 is 15.9 Å². The van der Waals surface area contributed by atoms with E-state index in [2.05, 4.69) is 21.4 Å². The zero-order chi connectivity index (χ0) is 17.4. The molecule has 2 rings (SSSR count). The number of hydrogen-bond acceptors (Lipinski definition) is 4. The normalized spacial score (nSPS) is 11.4. The van der Waals surface area contributed by atoms with Gasteiger partial charge in [0.2, 0.25) is 0 Å². The fourth-order valence-corrected chi connectivity index (χ4v) is 2.53. The zero-order valence-corrected chi connectivity index (χ0v) is 14.9. The quantitative estimate of drug-likeness (QED) is 0.686. The van der Waals surface area contributed by atoms with Gasteiger partial charge in [-0.2, -0.15) is 0 Å². The van der Waals surface area contributed by atoms with E-state index in [9.17, 15) is 13.2 Å². The van der Waals surface area contributed by atoms with E-state index in [1.54, 1.807) is 48.5 Å². The summed E-state index contributed by atoms with van der Waals surface area (Å²) in [4.78, 5) is 13.6. The highest BCUT2D eigenvalue weighted by Gasteiger charge is 2.08. The second-order valence-corrected chi connectivity index (χ2v) is 7.13. The molecule has 0 bridgehead atoms. The highest BCUT2D eigenvalue weighted by atomic mass is 79.9. The van der Waals surface area contributed by atoms with Crippen LogP contribution in [0.1, 0.15) is 5.56 Å². The van der Waals surface area contributed by atoms with Gasteiger partial charge in [-0.05, 0) is 35.9 Å². The first-order valence-corrected chi connectivity index (χ1v) is 9.21. The van der Waals surface area contributed by atoms with Crippen LogP contribution in [0.5, 0.6) is 5.75 Å². The minimum Gasteiger partial charge on any atom is -0.484 e. The molecular weight excluding hydrogens is 396 g/mol. The van der Waals surface area contributed by atoms with Crippen molar-refractivity contribution in [3.8, 4) is 5.75 Å². The van der Waals surface area contributed by atoms with E-state index in [0.29, 0.717) is 5.75 Å². The van der Waals surface area contributed by atoms with Gasteiger partial charge in [0.15, 0.2) is 6.61 Å². The van der Waals surface area contributed by atoms with E-state index < -0.39 is 15.9 Å². The molecule has 0 aliphatic carbocycles. The molecule has 0 radical (unpaired) electrons. The lowest BCUT2D eigenvalue weighted by Gasteiger charge is -2.07. The van der Waals surface area contributed by atoms with Gasteiger partial charge in [0.1, 0.15) is 5.75 Å². The third-order valence-corrected chi connectivity index (χ3v) is 4.17. The van der Waals surface area contributed by atoms with Crippen LogP contribution < -0.4 is 15.0 Å². The average Bonchev–Trinajstić information content (AvgIpc) is 2.59. The fraction of sp³-hybridized carbons (Fsp3) is 0.0625. The molecule has 2 aromatic rings. The Balaban J connectivity index is 1.79. The summed E-state index contributed by atoms with van der Waals surface area (Å²) in [5.41, 5.74) is 2.81. The van der Waals surface area contributed by atoms with Gasteiger partial charge < -0.3 is 4.74 Å². The van der Waals surface area contributed by atoms with Crippen LogP contribution in [0.15, 0.2) is 64.5 Å². The third kappa shape index (κ3) is 6.53. The first-order chi connectivity index (χ1) is 11.4. The van der Waals surface area contributed by atoms with E-state index in [1.807, 2.05) is 10.9 Å². The van der Waals surface area contributed by atoms with Gasteiger partial charge >= 0.3 is 0 Å². The lowest BCUT2D eigenvalue weighted by Crippen LogP contribution is -2.42. The summed E-state index contributed by atoms with van der Waals surface area (Å²) < 4.78 is 29.6. The first-order valence-electron chi connectivity index (χ1n) is 6.87. The maximum Gasteiger partial charge on any atom is 0.272 e. The largest absolute Gasteiger partial charge is 0.484 e. The molecule has 1 amide bonds. The van der Waals surface area contributed by atoms with Crippen LogP contribution in [0, 0.1) is 0 Å². The number of carbonyl (C=O) groups excluding carboxylic acids is 1. The summed E-state index contributed by atoms with van der Waals surface area (Å²) >= 11 is 3.29. The Morgan fingerprint density at radius 3 is 2.42 bits per heavy atom. The van der Waals surface area contributed by atoms with Crippen LogP contribution in [0.3, 0.4) is 0 Å². The fourth-order valence-electron chi connectivity index (χ4n) is 1.61. The summed E-state index contributed by atoms with van der Waals surface area (Å²) in [6.45, 7) is -0.313. The number of rotatable bonds is 7. The van der Waals surface area contributed by atoms with Gasteiger partial charge in [-0.25, -0.2) is 8.42 Å². The van der Waals surface area contributed by atoms with Crippen molar-refractivity contribution in [2.45, 2.75) is 0 Å². The molecule has 8 heteroatoms. The molecule has 0 aliphatic heterocycles. The third-order valence-electron chi connectivity index (χ3n) is 2.76. The Kier molecular flexibility index (Phi) is 6.53. The molecule has 0 saturated carbocycles. The number of sulfonamides is 1. The van der Waals surface area contributed by atoms with E-state index in [1.165, 1.54) is 6.08 Å². The Morgan fingerprint density at radius 2 is 1.75 bits per heavy atom. The summed E-state index contributed by atoms with van der Waals surface area (Å²) in [6, 6.07) is 15.8. The summed E-state index contributed by atoms with van der Waals surface area (Å²) in [5.74, 6) is -0.116. The Bertz CT molecular complexity index is 806. The molecule has 24 heavy (non-hydrogen) atoms. The van der Waals surface area contributed by atoms with Crippen LogP contribution in [0.4, 0.5) is 0 Å². The number of amides is 1. The zero-order valence-electron chi connectivity index (χ0n) is 12.5. The molecule has 2 aromatic carbocycles. The van der Waals surface area contributed by atoms with E-state index in [-0.39, 0.29) is 6.61 Å². The maximum absolute atomic E-state index is 11.8. The Morgan fingerprint density at radius 1 is 1.08 bits per heavy atom. The van der Waals surface area contributed by atoms with E-state index in [4.69, 9.17) is 4.74 Å². The van der Waals surface area contributed by atoms with Crippen molar-refractivity contribution < 1.29 is 17.9 Å². The summed E-state index contributed by atoms with van der Waals surface area (Å²) in [7, 11) is -3.79. The van der Waals surface area contributed by atoms with Crippen molar-refractivity contribution in [3.05, 3.63) is 70.0 Å². The minimum absolute atomic E-state index is 0.313. The summed E-state index contributed by atoms with van der Waals surface area (Å²) in [6.07, 6.45) is 1.42. The SMILES string of the molecule is O=C(COc1ccc(Br)cc1)NNS(=O)(=O)/C=C/c1ccccc1. The molecule has 0 spiro atoms. The van der Waals surface area contributed by atoms with Crippen molar-refractivity contribution in [1.29, 1.82) is 0 Å². The molecule has 0 saturated heterocycles. The number of halogens is 1. The van der Waals surface area contributed by atoms with Crippen molar-refractivity contribution in [3.63, 3.8) is 0 Å². The molecule has 6 nitrogen and oxygen atoms in total. The van der Waals surface area contributed by atoms with Crippen molar-refractivity contribution in [2.75, 3.05) is 6.61 Å². The Labute approximate surface area is 148 Å². The number of hydrazine groups is 1. The molecule has 0 fully saturated rings. The standard InChI is InChI=1S/C16H15BrN2O4S/c17-14-6-8-15(9-7-14)23-12-16(20)18-19-24(21,22)11-10-13-4-2-1-3-5-13/h1-11,19H,12H2,(H,18,20)/b11-10+. The van der Waals surface area contributed by atoms with Gasteiger partial charge in [-0.3, -0.25) is 10.2 Å². The molecule has 0 unspecified atom stereocenters. The predicted octanol–water partition coefficient (Wildman–Crippen LogP) is 2.45. The molecule has 0 atom stereocenters. The number of benzene rings is 2. The molecule has 126 valence electrons. The van der Waals surface area contributed by atoms with Gasteiger partial charge in [0.25, 0.3) is 15.9 Å². The Hall–Kier alpha value is -2.16. The molecule has 2 N–H and O–H groups in total. The van der Waals surface area contributed by atoms with Gasteiger partial charge in [0.05, 0.1) is 0 Å². The number of hydrogen-bond donors (Lipinski definition) is 2. The lowest BCUT2D eigenvalue weighted by atomic mass is 10.2. The van der Waals surface area contributed by atoms with Gasteiger partial charge in [-0.15, -0.1) is 4.83 Å². The summed E-state index contributed by atoms with van der Waals surface area (Å²) in [5, 5.41) is 0.970. The lowest BCUT2D eigenvalue weighted by molar-refractivity contribution is -0.123. The van der Waals surface area contributed by atoms with Crippen LogP contribution in [-0.2, 0) is 14.8 Å². The highest BCUT2D eigenvalue weighted by molar-refractivity contribution is 9.10. The van der Waals surface area contributed by atoms with Crippen LogP contribution in [-0.4, -0.2) is 20.9 Å². The molecular formula is C16H15BrN2O4S. The molecule has 0 aromatic heterocycles. The monoisotopic (exact) mass is 410 g/mol.